The molecule has 0 fully saturated rings. The lowest BCUT2D eigenvalue weighted by molar-refractivity contribution is 0.638. The molecule has 0 rings (SSSR count). The van der Waals surface area contributed by atoms with Gasteiger partial charge in [-0.3, -0.25) is 0 Å². The molecule has 0 bridgehead atoms. The molecule has 1 nitrogen and oxygen atoms in total. The Labute approximate surface area is 71.8 Å². The van der Waals surface area contributed by atoms with Crippen molar-refractivity contribution < 1.29 is 0 Å². The van der Waals surface area contributed by atoms with Crippen LogP contribution < -0.4 is 5.73 Å². The summed E-state index contributed by atoms with van der Waals surface area (Å²) in [6, 6.07) is 0. The van der Waals surface area contributed by atoms with Crippen LogP contribution in [0.5, 0.6) is 0 Å². The molecule has 0 atom stereocenters. The predicted octanol–water partition coefficient (Wildman–Crippen LogP) is 2.66. The van der Waals surface area contributed by atoms with Gasteiger partial charge >= 0.3 is 0 Å². The molecule has 0 amide bonds. The Balaban J connectivity index is 3.92. The van der Waals surface area contributed by atoms with Crippen LogP contribution in [0.15, 0.2) is 11.3 Å². The van der Waals surface area contributed by atoms with Crippen LogP contribution >= 0.6 is 15.9 Å². The third kappa shape index (κ3) is 3.94. The third-order valence-corrected chi connectivity index (χ3v) is 2.01. The van der Waals surface area contributed by atoms with E-state index in [0.29, 0.717) is 5.92 Å². The summed E-state index contributed by atoms with van der Waals surface area (Å²) in [5.74, 6) is 0.706. The Morgan fingerprint density at radius 1 is 1.50 bits per heavy atom. The average molecular weight is 206 g/mol. The number of nitrogens with two attached hydrogens (primary N) is 1. The molecule has 0 spiro atoms. The summed E-state index contributed by atoms with van der Waals surface area (Å²) in [5, 5.41) is 0.797. The first-order valence-electron chi connectivity index (χ1n) is 3.58. The second-order valence-electron chi connectivity index (χ2n) is 3.04. The quantitative estimate of drug-likeness (QED) is 0.706. The van der Waals surface area contributed by atoms with Crippen molar-refractivity contribution >= 4 is 15.9 Å². The standard InChI is InChI=1S/C8H16BrN/c1-6(2)4-7(3)8(10)5-9/h6H,4-5,10H2,1-3H3/b8-7+. The number of hydrogen-bond donors (Lipinski definition) is 1. The van der Waals surface area contributed by atoms with Crippen LogP contribution in [0, 0.1) is 5.92 Å². The summed E-state index contributed by atoms with van der Waals surface area (Å²) in [4.78, 5) is 0. The fraction of sp³-hybridized carbons (Fsp3) is 0.750. The molecule has 0 radical (unpaired) electrons. The summed E-state index contributed by atoms with van der Waals surface area (Å²) in [6.07, 6.45) is 1.11. The van der Waals surface area contributed by atoms with Crippen molar-refractivity contribution in [1.29, 1.82) is 0 Å². The van der Waals surface area contributed by atoms with Crippen LogP contribution in [0.3, 0.4) is 0 Å². The Kier molecular flexibility index (Phi) is 4.79. The summed E-state index contributed by atoms with van der Waals surface area (Å²) >= 11 is 3.32. The van der Waals surface area contributed by atoms with E-state index in [9.17, 15) is 0 Å². The van der Waals surface area contributed by atoms with Gasteiger partial charge in [-0.25, -0.2) is 0 Å². The molecule has 60 valence electrons. The highest BCUT2D eigenvalue weighted by atomic mass is 79.9. The zero-order chi connectivity index (χ0) is 8.15. The van der Waals surface area contributed by atoms with Crippen LogP contribution in [0.2, 0.25) is 0 Å². The van der Waals surface area contributed by atoms with Crippen LogP contribution in [0.1, 0.15) is 27.2 Å². The lowest BCUT2D eigenvalue weighted by Gasteiger charge is -2.07. The lowest BCUT2D eigenvalue weighted by atomic mass is 10.0. The highest BCUT2D eigenvalue weighted by Gasteiger charge is 1.99. The monoisotopic (exact) mass is 205 g/mol. The fourth-order valence-corrected chi connectivity index (χ4v) is 1.34. The molecular formula is C8H16BrN. The molecule has 0 aromatic heterocycles. The minimum absolute atomic E-state index is 0.706. The zero-order valence-corrected chi connectivity index (χ0v) is 8.53. The van der Waals surface area contributed by atoms with Crippen molar-refractivity contribution in [3.05, 3.63) is 11.3 Å². The van der Waals surface area contributed by atoms with Gasteiger partial charge in [-0.1, -0.05) is 35.4 Å². The van der Waals surface area contributed by atoms with Gasteiger partial charge in [0.05, 0.1) is 0 Å². The van der Waals surface area contributed by atoms with Gasteiger partial charge < -0.3 is 5.73 Å². The summed E-state index contributed by atoms with van der Waals surface area (Å²) < 4.78 is 0. The normalized spacial score (nSPS) is 13.7. The fourth-order valence-electron chi connectivity index (χ4n) is 0.858. The van der Waals surface area contributed by atoms with E-state index in [0.717, 1.165) is 17.4 Å². The number of halogens is 1. The lowest BCUT2D eigenvalue weighted by Crippen LogP contribution is -2.03. The van der Waals surface area contributed by atoms with Crippen molar-refractivity contribution in [1.82, 2.24) is 0 Å². The summed E-state index contributed by atoms with van der Waals surface area (Å²) in [7, 11) is 0. The van der Waals surface area contributed by atoms with Crippen LogP contribution in [-0.2, 0) is 0 Å². The Hall–Kier alpha value is 0.0200. The van der Waals surface area contributed by atoms with E-state index in [-0.39, 0.29) is 0 Å². The van der Waals surface area contributed by atoms with Crippen LogP contribution in [-0.4, -0.2) is 5.33 Å². The molecule has 0 aromatic carbocycles. The second-order valence-corrected chi connectivity index (χ2v) is 3.60. The van der Waals surface area contributed by atoms with Crippen molar-refractivity contribution in [2.75, 3.05) is 5.33 Å². The minimum Gasteiger partial charge on any atom is -0.401 e. The van der Waals surface area contributed by atoms with Crippen LogP contribution in [0.25, 0.3) is 0 Å². The maximum Gasteiger partial charge on any atom is 0.0428 e. The molecule has 0 aromatic rings. The molecule has 2 N–H and O–H groups in total. The van der Waals surface area contributed by atoms with E-state index in [1.165, 1.54) is 5.57 Å². The number of rotatable bonds is 3. The Morgan fingerprint density at radius 2 is 2.00 bits per heavy atom. The van der Waals surface area contributed by atoms with Crippen molar-refractivity contribution in [2.24, 2.45) is 11.7 Å². The van der Waals surface area contributed by atoms with E-state index < -0.39 is 0 Å². The molecule has 0 saturated heterocycles. The maximum absolute atomic E-state index is 5.70. The van der Waals surface area contributed by atoms with Gasteiger partial charge in [0.25, 0.3) is 0 Å². The highest BCUT2D eigenvalue weighted by Crippen LogP contribution is 2.12. The molecule has 0 saturated carbocycles. The molecule has 0 aliphatic carbocycles. The van der Waals surface area contributed by atoms with E-state index in [2.05, 4.69) is 36.7 Å². The Bertz CT molecular complexity index is 127. The molecular weight excluding hydrogens is 190 g/mol. The first kappa shape index (κ1) is 10.0. The topological polar surface area (TPSA) is 26.0 Å². The van der Waals surface area contributed by atoms with Gasteiger partial charge in [0.15, 0.2) is 0 Å². The maximum atomic E-state index is 5.70. The second kappa shape index (κ2) is 4.78. The van der Waals surface area contributed by atoms with E-state index in [4.69, 9.17) is 5.73 Å². The van der Waals surface area contributed by atoms with Crippen molar-refractivity contribution in [3.63, 3.8) is 0 Å². The Morgan fingerprint density at radius 3 is 2.30 bits per heavy atom. The number of alkyl halides is 1. The molecule has 0 aliphatic rings. The van der Waals surface area contributed by atoms with Crippen LogP contribution in [0.4, 0.5) is 0 Å². The first-order valence-corrected chi connectivity index (χ1v) is 4.70. The van der Waals surface area contributed by atoms with E-state index in [1.807, 2.05) is 0 Å². The van der Waals surface area contributed by atoms with E-state index >= 15 is 0 Å². The average Bonchev–Trinajstić information content (AvgIpc) is 1.85. The van der Waals surface area contributed by atoms with Crippen molar-refractivity contribution in [2.45, 2.75) is 27.2 Å². The van der Waals surface area contributed by atoms with Gasteiger partial charge in [0.1, 0.15) is 0 Å². The summed E-state index contributed by atoms with van der Waals surface area (Å²) in [6.45, 7) is 6.49. The highest BCUT2D eigenvalue weighted by molar-refractivity contribution is 9.09. The number of hydrogen-bond acceptors (Lipinski definition) is 1. The largest absolute Gasteiger partial charge is 0.401 e. The molecule has 10 heavy (non-hydrogen) atoms. The van der Waals surface area contributed by atoms with Gasteiger partial charge in [0, 0.05) is 11.0 Å². The molecule has 0 aliphatic heterocycles. The van der Waals surface area contributed by atoms with Gasteiger partial charge in [-0.15, -0.1) is 0 Å². The van der Waals surface area contributed by atoms with E-state index in [1.54, 1.807) is 0 Å². The van der Waals surface area contributed by atoms with Gasteiger partial charge in [-0.2, -0.15) is 0 Å². The van der Waals surface area contributed by atoms with Gasteiger partial charge in [-0.05, 0) is 19.3 Å². The first-order chi connectivity index (χ1) is 4.57. The van der Waals surface area contributed by atoms with Crippen molar-refractivity contribution in [3.8, 4) is 0 Å². The SMILES string of the molecule is C/C(CC(C)C)=C(\N)CBr. The third-order valence-electron chi connectivity index (χ3n) is 1.41. The smallest absolute Gasteiger partial charge is 0.0428 e. The van der Waals surface area contributed by atoms with Gasteiger partial charge in [0.2, 0.25) is 0 Å². The molecule has 2 heteroatoms. The zero-order valence-electron chi connectivity index (χ0n) is 6.95. The molecule has 0 heterocycles. The minimum atomic E-state index is 0.706. The predicted molar refractivity (Wildman–Crippen MR) is 50.1 cm³/mol. The number of allylic oxidation sites excluding steroid dienone is 2. The summed E-state index contributed by atoms with van der Waals surface area (Å²) in [5.41, 5.74) is 7.99. The molecule has 0 unspecified atom stereocenters.